The molecule has 92 valence electrons. The molecular formula is C13H23NO2. The third-order valence-electron chi connectivity index (χ3n) is 3.19. The molecule has 1 aliphatic heterocycles. The van der Waals surface area contributed by atoms with Gasteiger partial charge in [-0.2, -0.15) is 0 Å². The fraction of sp³-hybridized carbons (Fsp3) is 0.769. The van der Waals surface area contributed by atoms with Gasteiger partial charge in [0.25, 0.3) is 0 Å². The van der Waals surface area contributed by atoms with E-state index in [1.54, 1.807) is 13.2 Å². The highest BCUT2D eigenvalue weighted by molar-refractivity contribution is 5.91. The van der Waals surface area contributed by atoms with E-state index in [1.807, 2.05) is 19.9 Å². The fourth-order valence-corrected chi connectivity index (χ4v) is 1.86. The molecule has 3 nitrogen and oxygen atoms in total. The molecule has 16 heavy (non-hydrogen) atoms. The van der Waals surface area contributed by atoms with Gasteiger partial charge in [-0.25, -0.2) is 0 Å². The normalized spacial score (nSPS) is 24.4. The van der Waals surface area contributed by atoms with Crippen LogP contribution in [0.15, 0.2) is 12.2 Å². The Morgan fingerprint density at radius 2 is 2.12 bits per heavy atom. The van der Waals surface area contributed by atoms with E-state index in [9.17, 15) is 4.79 Å². The summed E-state index contributed by atoms with van der Waals surface area (Å²) in [4.78, 5) is 13.8. The van der Waals surface area contributed by atoms with Gasteiger partial charge in [0.1, 0.15) is 0 Å². The summed E-state index contributed by atoms with van der Waals surface area (Å²) in [6.45, 7) is 8.00. The lowest BCUT2D eigenvalue weighted by Gasteiger charge is -2.20. The number of carbonyl (C=O) groups excluding carboxylic acids is 1. The van der Waals surface area contributed by atoms with Crippen LogP contribution in [0.5, 0.6) is 0 Å². The Balaban J connectivity index is 2.41. The second-order valence-electron chi connectivity index (χ2n) is 4.80. The van der Waals surface area contributed by atoms with Gasteiger partial charge < -0.3 is 4.74 Å². The number of hydrogen-bond acceptors (Lipinski definition) is 3. The van der Waals surface area contributed by atoms with Crippen LogP contribution in [0.4, 0.5) is 0 Å². The molecule has 2 unspecified atom stereocenters. The van der Waals surface area contributed by atoms with E-state index in [-0.39, 0.29) is 11.7 Å². The minimum absolute atomic E-state index is 0.0914. The summed E-state index contributed by atoms with van der Waals surface area (Å²) in [5, 5.41) is 0. The van der Waals surface area contributed by atoms with E-state index in [2.05, 4.69) is 11.8 Å². The van der Waals surface area contributed by atoms with Crippen molar-refractivity contribution in [3.63, 3.8) is 0 Å². The maximum absolute atomic E-state index is 11.5. The monoisotopic (exact) mass is 225 g/mol. The molecule has 0 spiro atoms. The molecule has 0 saturated carbocycles. The second-order valence-corrected chi connectivity index (χ2v) is 4.80. The summed E-state index contributed by atoms with van der Waals surface area (Å²) < 4.78 is 5.32. The van der Waals surface area contributed by atoms with Gasteiger partial charge in [-0.3, -0.25) is 9.69 Å². The maximum atomic E-state index is 11.5. The van der Waals surface area contributed by atoms with E-state index in [4.69, 9.17) is 4.74 Å². The molecule has 2 atom stereocenters. The number of rotatable bonds is 5. The fourth-order valence-electron chi connectivity index (χ4n) is 1.86. The molecule has 1 rings (SSSR count). The number of methoxy groups -OCH3 is 1. The summed E-state index contributed by atoms with van der Waals surface area (Å²) >= 11 is 0. The van der Waals surface area contributed by atoms with Crippen LogP contribution in [-0.2, 0) is 9.53 Å². The molecule has 0 aromatic heterocycles. The Morgan fingerprint density at radius 3 is 2.62 bits per heavy atom. The number of nitrogens with zero attached hydrogens (tertiary/aromatic N) is 1. The standard InChI is InChI=1S/C13H23NO2/c1-10(2)13(15)6-5-11(3)14-8-7-12(9-14)16-4/h5-6,10-12H,7-9H2,1-4H3/b6-5+. The summed E-state index contributed by atoms with van der Waals surface area (Å²) in [6, 6.07) is 0.322. The van der Waals surface area contributed by atoms with Crippen molar-refractivity contribution in [2.75, 3.05) is 20.2 Å². The highest BCUT2D eigenvalue weighted by Gasteiger charge is 2.24. The first kappa shape index (κ1) is 13.4. The molecule has 3 heteroatoms. The molecule has 1 heterocycles. The van der Waals surface area contributed by atoms with Gasteiger partial charge in [-0.15, -0.1) is 0 Å². The predicted molar refractivity (Wildman–Crippen MR) is 65.4 cm³/mol. The zero-order valence-corrected chi connectivity index (χ0v) is 10.8. The Hall–Kier alpha value is -0.670. The molecular weight excluding hydrogens is 202 g/mol. The average Bonchev–Trinajstić information content (AvgIpc) is 2.73. The number of hydrogen-bond donors (Lipinski definition) is 0. The highest BCUT2D eigenvalue weighted by Crippen LogP contribution is 2.15. The predicted octanol–water partition coefficient (Wildman–Crippen LogP) is 1.88. The zero-order chi connectivity index (χ0) is 12.1. The molecule has 1 saturated heterocycles. The van der Waals surface area contributed by atoms with Crippen molar-refractivity contribution >= 4 is 5.78 Å². The van der Waals surface area contributed by atoms with Crippen molar-refractivity contribution in [2.24, 2.45) is 5.92 Å². The number of ketones is 1. The Morgan fingerprint density at radius 1 is 1.44 bits per heavy atom. The molecule has 0 aliphatic carbocycles. The van der Waals surface area contributed by atoms with Gasteiger partial charge in [0, 0.05) is 32.2 Å². The maximum Gasteiger partial charge on any atom is 0.157 e. The smallest absolute Gasteiger partial charge is 0.157 e. The first-order valence-corrected chi connectivity index (χ1v) is 6.03. The zero-order valence-electron chi connectivity index (χ0n) is 10.8. The summed E-state index contributed by atoms with van der Waals surface area (Å²) in [5.74, 6) is 0.295. The summed E-state index contributed by atoms with van der Waals surface area (Å²) in [5.41, 5.74) is 0. The van der Waals surface area contributed by atoms with Gasteiger partial charge in [0.05, 0.1) is 6.10 Å². The van der Waals surface area contributed by atoms with Gasteiger partial charge in [-0.1, -0.05) is 19.9 Å². The van der Waals surface area contributed by atoms with Crippen LogP contribution in [0, 0.1) is 5.92 Å². The van der Waals surface area contributed by atoms with Crippen molar-refractivity contribution in [1.82, 2.24) is 4.90 Å². The summed E-state index contributed by atoms with van der Waals surface area (Å²) in [7, 11) is 1.76. The molecule has 0 amide bonds. The van der Waals surface area contributed by atoms with E-state index in [1.165, 1.54) is 0 Å². The van der Waals surface area contributed by atoms with Crippen molar-refractivity contribution in [3.05, 3.63) is 12.2 Å². The van der Waals surface area contributed by atoms with E-state index in [0.717, 1.165) is 19.5 Å². The molecule has 0 N–H and O–H groups in total. The molecule has 0 radical (unpaired) electrons. The lowest BCUT2D eigenvalue weighted by atomic mass is 10.1. The van der Waals surface area contributed by atoms with Crippen LogP contribution >= 0.6 is 0 Å². The number of ether oxygens (including phenoxy) is 1. The lowest BCUT2D eigenvalue weighted by molar-refractivity contribution is -0.117. The Bertz CT molecular complexity index is 261. The summed E-state index contributed by atoms with van der Waals surface area (Å²) in [6.07, 6.45) is 5.17. The molecule has 0 aromatic carbocycles. The van der Waals surface area contributed by atoms with Gasteiger partial charge in [0.2, 0.25) is 0 Å². The number of allylic oxidation sites excluding steroid dienone is 1. The third kappa shape index (κ3) is 3.72. The van der Waals surface area contributed by atoms with Crippen molar-refractivity contribution in [1.29, 1.82) is 0 Å². The SMILES string of the molecule is COC1CCN(C(C)/C=C/C(=O)C(C)C)C1. The topological polar surface area (TPSA) is 29.5 Å². The Kier molecular flexibility index (Phi) is 5.16. The van der Waals surface area contributed by atoms with Crippen LogP contribution < -0.4 is 0 Å². The number of likely N-dealkylation sites (tertiary alicyclic amines) is 1. The van der Waals surface area contributed by atoms with Gasteiger partial charge in [0.15, 0.2) is 5.78 Å². The van der Waals surface area contributed by atoms with E-state index >= 15 is 0 Å². The third-order valence-corrected chi connectivity index (χ3v) is 3.19. The van der Waals surface area contributed by atoms with Crippen molar-refractivity contribution in [3.8, 4) is 0 Å². The molecule has 1 aliphatic rings. The van der Waals surface area contributed by atoms with E-state index in [0.29, 0.717) is 12.1 Å². The Labute approximate surface area is 98.5 Å². The van der Waals surface area contributed by atoms with Crippen LogP contribution in [-0.4, -0.2) is 43.0 Å². The molecule has 1 fully saturated rings. The van der Waals surface area contributed by atoms with Crippen LogP contribution in [0.2, 0.25) is 0 Å². The van der Waals surface area contributed by atoms with Crippen molar-refractivity contribution < 1.29 is 9.53 Å². The lowest BCUT2D eigenvalue weighted by Crippen LogP contribution is -2.30. The second kappa shape index (κ2) is 6.16. The minimum atomic E-state index is 0.0914. The molecule has 0 bridgehead atoms. The number of carbonyl (C=O) groups is 1. The van der Waals surface area contributed by atoms with Crippen LogP contribution in [0.3, 0.4) is 0 Å². The first-order chi connectivity index (χ1) is 7.54. The van der Waals surface area contributed by atoms with Gasteiger partial charge in [-0.05, 0) is 19.4 Å². The minimum Gasteiger partial charge on any atom is -0.380 e. The van der Waals surface area contributed by atoms with Crippen LogP contribution in [0.1, 0.15) is 27.2 Å². The first-order valence-electron chi connectivity index (χ1n) is 6.03. The molecule has 0 aromatic rings. The average molecular weight is 225 g/mol. The van der Waals surface area contributed by atoms with Crippen LogP contribution in [0.25, 0.3) is 0 Å². The quantitative estimate of drug-likeness (QED) is 0.669. The van der Waals surface area contributed by atoms with Crippen molar-refractivity contribution in [2.45, 2.75) is 39.3 Å². The largest absolute Gasteiger partial charge is 0.380 e. The highest BCUT2D eigenvalue weighted by atomic mass is 16.5. The van der Waals surface area contributed by atoms with E-state index < -0.39 is 0 Å². The van der Waals surface area contributed by atoms with Gasteiger partial charge >= 0.3 is 0 Å².